The molecule has 6 nitrogen and oxygen atoms in total. The topological polar surface area (TPSA) is 93.0 Å². The number of aliphatic hydroxyl groups excluding tert-OH is 1. The quantitative estimate of drug-likeness (QED) is 0.864. The molecule has 0 saturated carbocycles. The highest BCUT2D eigenvalue weighted by Crippen LogP contribution is 2.25. The first kappa shape index (κ1) is 16.7. The van der Waals surface area contributed by atoms with Crippen molar-refractivity contribution in [2.45, 2.75) is 25.7 Å². The molecule has 24 heavy (non-hydrogen) atoms. The summed E-state index contributed by atoms with van der Waals surface area (Å²) in [6.45, 7) is 1.73. The summed E-state index contributed by atoms with van der Waals surface area (Å²) in [6.07, 6.45) is 3.25. The van der Waals surface area contributed by atoms with E-state index in [2.05, 4.69) is 9.97 Å². The number of H-pyrrole nitrogens is 1. The predicted octanol–water partition coefficient (Wildman–Crippen LogP) is 1.89. The first-order valence-electron chi connectivity index (χ1n) is 8.11. The van der Waals surface area contributed by atoms with Gasteiger partial charge in [-0.15, -0.1) is 0 Å². The van der Waals surface area contributed by atoms with Crippen molar-refractivity contribution in [2.24, 2.45) is 5.92 Å². The molecule has 3 heterocycles. The third-order valence-electron chi connectivity index (χ3n) is 4.46. The van der Waals surface area contributed by atoms with Gasteiger partial charge in [-0.1, -0.05) is 0 Å². The van der Waals surface area contributed by atoms with Crippen molar-refractivity contribution in [3.05, 3.63) is 44.1 Å². The molecule has 2 aromatic rings. The molecule has 0 aromatic carbocycles. The Morgan fingerprint density at radius 2 is 2.25 bits per heavy atom. The Balaban J connectivity index is 1.85. The van der Waals surface area contributed by atoms with Crippen molar-refractivity contribution in [1.82, 2.24) is 9.97 Å². The maximum atomic E-state index is 12.3. The normalized spacial score (nSPS) is 15.4. The molecule has 1 aliphatic heterocycles. The number of nitrogens with zero attached hydrogens (tertiary/aromatic N) is 3. The second kappa shape index (κ2) is 7.60. The van der Waals surface area contributed by atoms with Gasteiger partial charge in [-0.2, -0.15) is 16.6 Å². The van der Waals surface area contributed by atoms with Crippen LogP contribution in [0, 0.1) is 17.2 Å². The Morgan fingerprint density at radius 3 is 2.88 bits per heavy atom. The number of aliphatic hydroxyl groups is 1. The number of rotatable bonds is 5. The molecule has 0 spiro atoms. The zero-order valence-corrected chi connectivity index (χ0v) is 14.2. The van der Waals surface area contributed by atoms with Crippen LogP contribution in [0.4, 0.5) is 5.82 Å². The molecule has 0 unspecified atom stereocenters. The van der Waals surface area contributed by atoms with E-state index in [9.17, 15) is 10.1 Å². The smallest absolute Gasteiger partial charge is 0.271 e. The number of aromatic amines is 1. The van der Waals surface area contributed by atoms with E-state index in [1.165, 1.54) is 0 Å². The van der Waals surface area contributed by atoms with E-state index in [0.29, 0.717) is 24.0 Å². The van der Waals surface area contributed by atoms with Crippen molar-refractivity contribution >= 4 is 17.2 Å². The molecular weight excluding hydrogens is 324 g/mol. The van der Waals surface area contributed by atoms with Crippen LogP contribution in [0.25, 0.3) is 0 Å². The second-order valence-corrected chi connectivity index (χ2v) is 6.85. The third-order valence-corrected chi connectivity index (χ3v) is 5.20. The van der Waals surface area contributed by atoms with E-state index in [1.807, 2.05) is 27.8 Å². The lowest BCUT2D eigenvalue weighted by atomic mass is 9.94. The number of nitrogens with one attached hydrogen (secondary N) is 1. The van der Waals surface area contributed by atoms with Gasteiger partial charge >= 0.3 is 0 Å². The zero-order chi connectivity index (χ0) is 16.9. The van der Waals surface area contributed by atoms with Crippen LogP contribution in [-0.2, 0) is 6.42 Å². The SMILES string of the molecule is N#Cc1c(N2CCC(CCO)CC2)nc(Cc2ccsc2)[nH]c1=O. The molecule has 1 aliphatic rings. The fraction of sp³-hybridized carbons (Fsp3) is 0.471. The van der Waals surface area contributed by atoms with Crippen molar-refractivity contribution < 1.29 is 5.11 Å². The van der Waals surface area contributed by atoms with Gasteiger partial charge in [-0.25, -0.2) is 4.98 Å². The van der Waals surface area contributed by atoms with E-state index in [-0.39, 0.29) is 17.7 Å². The van der Waals surface area contributed by atoms with Crippen LogP contribution in [0.15, 0.2) is 21.6 Å². The minimum atomic E-state index is -0.370. The first-order valence-corrected chi connectivity index (χ1v) is 9.05. The Labute approximate surface area is 144 Å². The highest BCUT2D eigenvalue weighted by Gasteiger charge is 2.23. The molecule has 2 aromatic heterocycles. The van der Waals surface area contributed by atoms with Crippen LogP contribution in [0.1, 0.15) is 36.2 Å². The summed E-state index contributed by atoms with van der Waals surface area (Å²) < 4.78 is 0. The molecule has 3 rings (SSSR count). The second-order valence-electron chi connectivity index (χ2n) is 6.07. The van der Waals surface area contributed by atoms with Crippen molar-refractivity contribution in [3.8, 4) is 6.07 Å². The van der Waals surface area contributed by atoms with E-state index in [1.54, 1.807) is 11.3 Å². The lowest BCUT2D eigenvalue weighted by molar-refractivity contribution is 0.240. The highest BCUT2D eigenvalue weighted by atomic mass is 32.1. The van der Waals surface area contributed by atoms with Crippen LogP contribution < -0.4 is 10.5 Å². The summed E-state index contributed by atoms with van der Waals surface area (Å²) in [5.41, 5.74) is 0.815. The standard InChI is InChI=1S/C17H20N4O2S/c18-10-14-16(21-5-1-12(2-6-21)3-7-22)19-15(20-17(14)23)9-13-4-8-24-11-13/h4,8,11-12,22H,1-3,5-7,9H2,(H,19,20,23). The minimum Gasteiger partial charge on any atom is -0.396 e. The number of nitriles is 1. The van der Waals surface area contributed by atoms with Crippen LogP contribution in [0.3, 0.4) is 0 Å². The number of hydrogen-bond donors (Lipinski definition) is 2. The van der Waals surface area contributed by atoms with Gasteiger partial charge in [0.25, 0.3) is 5.56 Å². The van der Waals surface area contributed by atoms with Gasteiger partial charge in [0.05, 0.1) is 0 Å². The summed E-state index contributed by atoms with van der Waals surface area (Å²) in [5, 5.41) is 22.4. The summed E-state index contributed by atoms with van der Waals surface area (Å²) in [7, 11) is 0. The van der Waals surface area contributed by atoms with Gasteiger partial charge < -0.3 is 15.0 Å². The monoisotopic (exact) mass is 344 g/mol. The van der Waals surface area contributed by atoms with E-state index in [0.717, 1.165) is 37.9 Å². The largest absolute Gasteiger partial charge is 0.396 e. The van der Waals surface area contributed by atoms with Gasteiger partial charge in [0, 0.05) is 26.1 Å². The maximum absolute atomic E-state index is 12.3. The number of anilines is 1. The summed E-state index contributed by atoms with van der Waals surface area (Å²) in [4.78, 5) is 21.6. The lowest BCUT2D eigenvalue weighted by Gasteiger charge is -2.33. The number of piperidine rings is 1. The molecule has 0 radical (unpaired) electrons. The summed E-state index contributed by atoms with van der Waals surface area (Å²) >= 11 is 1.60. The van der Waals surface area contributed by atoms with Gasteiger partial charge in [-0.05, 0) is 47.6 Å². The molecule has 0 bridgehead atoms. The summed E-state index contributed by atoms with van der Waals surface area (Å²) in [5.74, 6) is 1.59. The van der Waals surface area contributed by atoms with Crippen molar-refractivity contribution in [3.63, 3.8) is 0 Å². The Kier molecular flexibility index (Phi) is 5.28. The molecule has 0 aliphatic carbocycles. The average molecular weight is 344 g/mol. The van der Waals surface area contributed by atoms with Crippen molar-refractivity contribution in [1.29, 1.82) is 5.26 Å². The molecular formula is C17H20N4O2S. The van der Waals surface area contributed by atoms with Gasteiger partial charge in [-0.3, -0.25) is 4.79 Å². The fourth-order valence-electron chi connectivity index (χ4n) is 3.12. The van der Waals surface area contributed by atoms with E-state index >= 15 is 0 Å². The Morgan fingerprint density at radius 1 is 1.46 bits per heavy atom. The molecule has 1 saturated heterocycles. The van der Waals surface area contributed by atoms with Crippen LogP contribution in [0.2, 0.25) is 0 Å². The van der Waals surface area contributed by atoms with E-state index in [4.69, 9.17) is 5.11 Å². The number of aromatic nitrogens is 2. The molecule has 126 valence electrons. The molecule has 7 heteroatoms. The Hall–Kier alpha value is -2.17. The van der Waals surface area contributed by atoms with E-state index < -0.39 is 0 Å². The number of thiophene rings is 1. The molecule has 0 atom stereocenters. The molecule has 0 amide bonds. The Bertz CT molecular complexity index is 771. The molecule has 1 fully saturated rings. The van der Waals surface area contributed by atoms with Gasteiger partial charge in [0.2, 0.25) is 0 Å². The van der Waals surface area contributed by atoms with Crippen molar-refractivity contribution in [2.75, 3.05) is 24.6 Å². The van der Waals surface area contributed by atoms with Gasteiger partial charge in [0.1, 0.15) is 11.9 Å². The lowest BCUT2D eigenvalue weighted by Crippen LogP contribution is -2.36. The average Bonchev–Trinajstić information content (AvgIpc) is 3.08. The molecule has 2 N–H and O–H groups in total. The number of hydrogen-bond acceptors (Lipinski definition) is 6. The zero-order valence-electron chi connectivity index (χ0n) is 13.4. The fourth-order valence-corrected chi connectivity index (χ4v) is 3.79. The maximum Gasteiger partial charge on any atom is 0.271 e. The minimum absolute atomic E-state index is 0.0877. The highest BCUT2D eigenvalue weighted by molar-refractivity contribution is 7.07. The van der Waals surface area contributed by atoms with Crippen LogP contribution in [-0.4, -0.2) is 34.8 Å². The van der Waals surface area contributed by atoms with Crippen LogP contribution in [0.5, 0.6) is 0 Å². The summed E-state index contributed by atoms with van der Waals surface area (Å²) in [6, 6.07) is 4.00. The third kappa shape index (κ3) is 3.66. The van der Waals surface area contributed by atoms with Gasteiger partial charge in [0.15, 0.2) is 11.4 Å². The van der Waals surface area contributed by atoms with Crippen LogP contribution >= 0.6 is 11.3 Å². The first-order chi connectivity index (χ1) is 11.7. The predicted molar refractivity (Wildman–Crippen MR) is 93.3 cm³/mol.